The second kappa shape index (κ2) is 2.69. The van der Waals surface area contributed by atoms with Gasteiger partial charge in [0.1, 0.15) is 6.04 Å². The fourth-order valence-electron chi connectivity index (χ4n) is 1.95. The zero-order valence-corrected chi connectivity index (χ0v) is 6.89. The van der Waals surface area contributed by atoms with E-state index in [9.17, 15) is 22.8 Å². The lowest BCUT2D eigenvalue weighted by Crippen LogP contribution is -2.45. The second-order valence-electron chi connectivity index (χ2n) is 3.41. The van der Waals surface area contributed by atoms with Crippen molar-refractivity contribution in [3.05, 3.63) is 0 Å². The lowest BCUT2D eigenvalue weighted by atomic mass is 9.93. The molecule has 0 unspecified atom stereocenters. The maximum Gasteiger partial charge on any atom is 0.404 e. The summed E-state index contributed by atoms with van der Waals surface area (Å²) in [5, 5.41) is 4.06. The molecule has 0 aliphatic carbocycles. The van der Waals surface area contributed by atoms with E-state index in [0.29, 0.717) is 0 Å². The van der Waals surface area contributed by atoms with Gasteiger partial charge < -0.3 is 5.32 Å². The van der Waals surface area contributed by atoms with Gasteiger partial charge in [0, 0.05) is 6.54 Å². The Morgan fingerprint density at radius 3 is 2.43 bits per heavy atom. The van der Waals surface area contributed by atoms with Gasteiger partial charge in [0.15, 0.2) is 0 Å². The van der Waals surface area contributed by atoms with Gasteiger partial charge in [0.2, 0.25) is 11.8 Å². The third-order valence-corrected chi connectivity index (χ3v) is 2.59. The Kier molecular flexibility index (Phi) is 1.82. The Bertz CT molecular complexity index is 302. The Labute approximate surface area is 76.8 Å². The SMILES string of the molecule is O=C1NC(=O)[C@H]2CN[C@@H](C(F)(F)F)[C@H]12. The van der Waals surface area contributed by atoms with E-state index < -0.39 is 35.9 Å². The number of imide groups is 1. The van der Waals surface area contributed by atoms with E-state index in [-0.39, 0.29) is 6.54 Å². The zero-order valence-electron chi connectivity index (χ0n) is 6.89. The summed E-state index contributed by atoms with van der Waals surface area (Å²) in [7, 11) is 0. The summed E-state index contributed by atoms with van der Waals surface area (Å²) in [4.78, 5) is 22.1. The molecule has 2 amide bonds. The molecule has 7 heteroatoms. The molecule has 78 valence electrons. The lowest BCUT2D eigenvalue weighted by molar-refractivity contribution is -0.165. The third-order valence-electron chi connectivity index (χ3n) is 2.59. The van der Waals surface area contributed by atoms with E-state index in [1.165, 1.54) is 0 Å². The minimum absolute atomic E-state index is 0.0909. The molecule has 3 atom stereocenters. The molecule has 0 aromatic heterocycles. The Morgan fingerprint density at radius 1 is 1.21 bits per heavy atom. The fourth-order valence-corrected chi connectivity index (χ4v) is 1.95. The molecule has 0 aromatic rings. The van der Waals surface area contributed by atoms with Crippen LogP contribution >= 0.6 is 0 Å². The quantitative estimate of drug-likeness (QED) is 0.523. The van der Waals surface area contributed by atoms with Crippen molar-refractivity contribution in [2.45, 2.75) is 12.2 Å². The molecule has 2 heterocycles. The van der Waals surface area contributed by atoms with Crippen LogP contribution in [0.2, 0.25) is 0 Å². The number of fused-ring (bicyclic) bond motifs is 1. The van der Waals surface area contributed by atoms with Crippen LogP contribution in [0.25, 0.3) is 0 Å². The standard InChI is InChI=1S/C7H7F3N2O2/c8-7(9,10)4-3-2(1-11-4)5(13)12-6(3)14/h2-4,11H,1H2,(H,12,13,14)/t2-,3+,4+/m0/s1. The van der Waals surface area contributed by atoms with Gasteiger partial charge in [-0.3, -0.25) is 14.9 Å². The van der Waals surface area contributed by atoms with Gasteiger partial charge in [-0.2, -0.15) is 13.2 Å². The molecule has 2 N–H and O–H groups in total. The summed E-state index contributed by atoms with van der Waals surface area (Å²) in [6.07, 6.45) is -4.48. The van der Waals surface area contributed by atoms with Crippen LogP contribution in [0, 0.1) is 11.8 Å². The maximum atomic E-state index is 12.3. The van der Waals surface area contributed by atoms with E-state index >= 15 is 0 Å². The highest BCUT2D eigenvalue weighted by atomic mass is 19.4. The van der Waals surface area contributed by atoms with E-state index in [1.807, 2.05) is 5.32 Å². The number of halogens is 3. The van der Waals surface area contributed by atoms with Crippen LogP contribution in [0.5, 0.6) is 0 Å². The van der Waals surface area contributed by atoms with Crippen molar-refractivity contribution in [3.8, 4) is 0 Å². The topological polar surface area (TPSA) is 58.2 Å². The van der Waals surface area contributed by atoms with Gasteiger partial charge in [0.25, 0.3) is 0 Å². The van der Waals surface area contributed by atoms with Gasteiger partial charge in [-0.15, -0.1) is 0 Å². The lowest BCUT2D eigenvalue weighted by Gasteiger charge is -2.18. The molecule has 0 radical (unpaired) electrons. The molecule has 4 nitrogen and oxygen atoms in total. The van der Waals surface area contributed by atoms with E-state index in [1.54, 1.807) is 0 Å². The Morgan fingerprint density at radius 2 is 1.86 bits per heavy atom. The summed E-state index contributed by atoms with van der Waals surface area (Å²) in [5.74, 6) is -3.59. The molecule has 14 heavy (non-hydrogen) atoms. The number of amides is 2. The summed E-state index contributed by atoms with van der Waals surface area (Å²) in [5.41, 5.74) is 0. The first kappa shape index (κ1) is 9.45. The first-order chi connectivity index (χ1) is 6.41. The van der Waals surface area contributed by atoms with Crippen LogP contribution in [-0.4, -0.2) is 30.6 Å². The molecule has 2 rings (SSSR count). The molecular weight excluding hydrogens is 201 g/mol. The molecule has 0 spiro atoms. The first-order valence-electron chi connectivity index (χ1n) is 4.06. The fraction of sp³-hybridized carbons (Fsp3) is 0.714. The predicted octanol–water partition coefficient (Wildman–Crippen LogP) is -0.591. The van der Waals surface area contributed by atoms with Crippen molar-refractivity contribution >= 4 is 11.8 Å². The van der Waals surface area contributed by atoms with Crippen LogP contribution in [0.4, 0.5) is 13.2 Å². The first-order valence-corrected chi connectivity index (χ1v) is 4.06. The average Bonchev–Trinajstić information content (AvgIpc) is 2.53. The minimum Gasteiger partial charge on any atom is -0.305 e. The summed E-state index contributed by atoms with van der Waals surface area (Å²) < 4.78 is 37.0. The Balaban J connectivity index is 2.26. The van der Waals surface area contributed by atoms with Crippen LogP contribution < -0.4 is 10.6 Å². The molecule has 2 aliphatic rings. The molecule has 2 fully saturated rings. The normalized spacial score (nSPS) is 37.2. The number of nitrogens with one attached hydrogen (secondary N) is 2. The molecule has 2 saturated heterocycles. The second-order valence-corrected chi connectivity index (χ2v) is 3.41. The van der Waals surface area contributed by atoms with E-state index in [4.69, 9.17) is 0 Å². The summed E-state index contributed by atoms with van der Waals surface area (Å²) >= 11 is 0. The Hall–Kier alpha value is -1.11. The minimum atomic E-state index is -4.48. The highest BCUT2D eigenvalue weighted by Crippen LogP contribution is 2.36. The van der Waals surface area contributed by atoms with Crippen molar-refractivity contribution in [3.63, 3.8) is 0 Å². The van der Waals surface area contributed by atoms with Gasteiger partial charge in [0.05, 0.1) is 11.8 Å². The molecule has 0 saturated carbocycles. The molecule has 0 bridgehead atoms. The van der Waals surface area contributed by atoms with Crippen LogP contribution in [0.3, 0.4) is 0 Å². The van der Waals surface area contributed by atoms with E-state index in [2.05, 4.69) is 5.32 Å². The van der Waals surface area contributed by atoms with Crippen molar-refractivity contribution < 1.29 is 22.8 Å². The van der Waals surface area contributed by atoms with Crippen molar-refractivity contribution in [2.24, 2.45) is 11.8 Å². The number of alkyl halides is 3. The molecular formula is C7H7F3N2O2. The van der Waals surface area contributed by atoms with Gasteiger partial charge in [-0.25, -0.2) is 0 Å². The predicted molar refractivity (Wildman–Crippen MR) is 38.0 cm³/mol. The van der Waals surface area contributed by atoms with Crippen LogP contribution in [0.1, 0.15) is 0 Å². The van der Waals surface area contributed by atoms with Crippen molar-refractivity contribution in [1.29, 1.82) is 0 Å². The highest BCUT2D eigenvalue weighted by Gasteiger charge is 2.59. The number of hydrogen-bond acceptors (Lipinski definition) is 3. The van der Waals surface area contributed by atoms with E-state index in [0.717, 1.165) is 0 Å². The molecule has 2 aliphatic heterocycles. The zero-order chi connectivity index (χ0) is 10.5. The monoisotopic (exact) mass is 208 g/mol. The number of rotatable bonds is 0. The number of hydrogen-bond donors (Lipinski definition) is 2. The number of carbonyl (C=O) groups is 2. The smallest absolute Gasteiger partial charge is 0.305 e. The average molecular weight is 208 g/mol. The number of carbonyl (C=O) groups excluding carboxylic acids is 2. The van der Waals surface area contributed by atoms with Crippen molar-refractivity contribution in [1.82, 2.24) is 10.6 Å². The highest BCUT2D eigenvalue weighted by molar-refractivity contribution is 6.06. The van der Waals surface area contributed by atoms with Crippen LogP contribution in [-0.2, 0) is 9.59 Å². The van der Waals surface area contributed by atoms with Gasteiger partial charge in [-0.1, -0.05) is 0 Å². The summed E-state index contributed by atoms with van der Waals surface area (Å²) in [6, 6.07) is -1.89. The van der Waals surface area contributed by atoms with Gasteiger partial charge in [-0.05, 0) is 0 Å². The maximum absolute atomic E-state index is 12.3. The van der Waals surface area contributed by atoms with Crippen molar-refractivity contribution in [2.75, 3.05) is 6.54 Å². The van der Waals surface area contributed by atoms with Gasteiger partial charge >= 0.3 is 6.18 Å². The largest absolute Gasteiger partial charge is 0.404 e. The van der Waals surface area contributed by atoms with Crippen LogP contribution in [0.15, 0.2) is 0 Å². The third kappa shape index (κ3) is 1.19. The molecule has 0 aromatic carbocycles. The summed E-state index contributed by atoms with van der Waals surface area (Å²) in [6.45, 7) is -0.0909.